The van der Waals surface area contributed by atoms with Gasteiger partial charge in [0.05, 0.1) is 44.6 Å². The molecule has 1 atom stereocenters. The Morgan fingerprint density at radius 2 is 1.31 bits per heavy atom. The summed E-state index contributed by atoms with van der Waals surface area (Å²) in [7, 11) is 1.17. The quantitative estimate of drug-likeness (QED) is 0.0790. The first-order valence-electron chi connectivity index (χ1n) is 15.8. The molecule has 9 nitrogen and oxygen atoms in total. The van der Waals surface area contributed by atoms with Crippen molar-refractivity contribution >= 4 is 16.9 Å². The van der Waals surface area contributed by atoms with E-state index in [4.69, 9.17) is 25.4 Å². The molecule has 2 aromatic carbocycles. The first kappa shape index (κ1) is 44.1. The smallest absolute Gasteiger partial charge is 0.497 e. The number of esters is 1. The standard InChI is InChI=1S/C34H37F11N2O7/c1-28(2,46)17-23(29(3,4)47)27(49)52-13-11-31(37,38)33(41,42)32(39,40)30(35,36)10-12-51-20-7-6-18-14-22(26(48)53-24(18)16-20)21-9-8-19(50-5)15-25(21)54-34(43,44)45/h6-9,14-16,23H,10-13,17,46-47H2,1-5H3. The molecule has 0 amide bonds. The van der Waals surface area contributed by atoms with Crippen LogP contribution >= 0.6 is 0 Å². The Kier molecular flexibility index (Phi) is 12.6. The Morgan fingerprint density at radius 3 is 1.83 bits per heavy atom. The van der Waals surface area contributed by atoms with Crippen molar-refractivity contribution in [1.29, 1.82) is 0 Å². The maximum Gasteiger partial charge on any atom is 0.573 e. The molecule has 0 fully saturated rings. The van der Waals surface area contributed by atoms with Crippen LogP contribution in [0.2, 0.25) is 0 Å². The number of alkyl halides is 11. The van der Waals surface area contributed by atoms with Gasteiger partial charge in [-0.25, -0.2) is 4.79 Å². The third-order valence-electron chi connectivity index (χ3n) is 7.98. The molecular formula is C34H37F11N2O7. The summed E-state index contributed by atoms with van der Waals surface area (Å²) in [4.78, 5) is 25.2. The molecule has 4 N–H and O–H groups in total. The molecular weight excluding hydrogens is 757 g/mol. The van der Waals surface area contributed by atoms with Gasteiger partial charge in [0.25, 0.3) is 0 Å². The number of carbonyl (C=O) groups excluding carboxylic acids is 1. The van der Waals surface area contributed by atoms with Crippen molar-refractivity contribution in [3.8, 4) is 28.4 Å². The van der Waals surface area contributed by atoms with E-state index in [0.29, 0.717) is 0 Å². The minimum Gasteiger partial charge on any atom is -0.497 e. The predicted molar refractivity (Wildman–Crippen MR) is 171 cm³/mol. The van der Waals surface area contributed by atoms with Gasteiger partial charge in [-0.1, -0.05) is 0 Å². The number of rotatable bonds is 17. The van der Waals surface area contributed by atoms with Crippen molar-refractivity contribution in [2.24, 2.45) is 17.4 Å². The fraction of sp³-hybridized carbons (Fsp3) is 0.529. The number of hydrogen-bond acceptors (Lipinski definition) is 9. The second kappa shape index (κ2) is 15.4. The zero-order valence-corrected chi connectivity index (χ0v) is 29.3. The van der Waals surface area contributed by atoms with E-state index < -0.39 is 102 Å². The van der Waals surface area contributed by atoms with Crippen LogP contribution in [0.3, 0.4) is 0 Å². The van der Waals surface area contributed by atoms with Crippen LogP contribution in [0.4, 0.5) is 48.3 Å². The number of hydrogen-bond donors (Lipinski definition) is 2. The molecule has 0 aliphatic heterocycles. The molecule has 0 saturated heterocycles. The van der Waals surface area contributed by atoms with E-state index in [1.165, 1.54) is 40.9 Å². The highest BCUT2D eigenvalue weighted by molar-refractivity contribution is 5.84. The van der Waals surface area contributed by atoms with Crippen molar-refractivity contribution in [1.82, 2.24) is 0 Å². The molecule has 3 aromatic rings. The highest BCUT2D eigenvalue weighted by Gasteiger charge is 2.79. The number of benzene rings is 2. The fourth-order valence-electron chi connectivity index (χ4n) is 5.06. The number of fused-ring (bicyclic) bond motifs is 1. The molecule has 302 valence electrons. The molecule has 0 saturated carbocycles. The van der Waals surface area contributed by atoms with E-state index in [0.717, 1.165) is 36.4 Å². The second-order valence-corrected chi connectivity index (χ2v) is 13.7. The molecule has 54 heavy (non-hydrogen) atoms. The maximum atomic E-state index is 14.6. The summed E-state index contributed by atoms with van der Waals surface area (Å²) in [6, 6.07) is 7.32. The lowest BCUT2D eigenvalue weighted by Crippen LogP contribution is -2.62. The number of halogens is 11. The summed E-state index contributed by atoms with van der Waals surface area (Å²) >= 11 is 0. The van der Waals surface area contributed by atoms with Crippen LogP contribution in [0.15, 0.2) is 51.7 Å². The zero-order chi connectivity index (χ0) is 41.3. The lowest BCUT2D eigenvalue weighted by molar-refractivity contribution is -0.369. The van der Waals surface area contributed by atoms with Crippen LogP contribution in [-0.2, 0) is 9.53 Å². The lowest BCUT2D eigenvalue weighted by atomic mass is 9.80. The lowest BCUT2D eigenvalue weighted by Gasteiger charge is -2.37. The van der Waals surface area contributed by atoms with E-state index in [1.54, 1.807) is 0 Å². The van der Waals surface area contributed by atoms with Crippen molar-refractivity contribution < 1.29 is 76.5 Å². The first-order valence-corrected chi connectivity index (χ1v) is 15.8. The Hall–Kier alpha value is -4.33. The Morgan fingerprint density at radius 1 is 0.759 bits per heavy atom. The summed E-state index contributed by atoms with van der Waals surface area (Å²) in [6.45, 7) is 2.76. The fourth-order valence-corrected chi connectivity index (χ4v) is 5.06. The van der Waals surface area contributed by atoms with Crippen LogP contribution in [-0.4, -0.2) is 67.4 Å². The zero-order valence-electron chi connectivity index (χ0n) is 29.3. The van der Waals surface area contributed by atoms with Gasteiger partial charge in [-0.2, -0.15) is 35.1 Å². The van der Waals surface area contributed by atoms with Crippen molar-refractivity contribution in [3.05, 3.63) is 52.9 Å². The van der Waals surface area contributed by atoms with Gasteiger partial charge in [0.15, 0.2) is 0 Å². The average molecular weight is 795 g/mol. The van der Waals surface area contributed by atoms with Gasteiger partial charge in [-0.05, 0) is 64.4 Å². The minimum absolute atomic E-state index is 0.0422. The molecule has 0 aliphatic rings. The number of nitrogens with two attached hydrogens (primary N) is 2. The van der Waals surface area contributed by atoms with Crippen molar-refractivity contribution in [2.45, 2.75) is 88.1 Å². The molecule has 1 heterocycles. The normalized spacial score (nSPS) is 14.2. The molecule has 0 radical (unpaired) electrons. The van der Waals surface area contributed by atoms with E-state index in [2.05, 4.69) is 9.47 Å². The molecule has 0 aliphatic carbocycles. The SMILES string of the molecule is COc1ccc(-c2cc3ccc(OCCC(F)(F)C(F)(F)C(F)(F)C(F)(F)CCOC(=O)C(CC(C)(C)N)C(C)(C)N)cc3oc2=O)c(OC(F)(F)F)c1. The summed E-state index contributed by atoms with van der Waals surface area (Å²) < 4.78 is 179. The van der Waals surface area contributed by atoms with E-state index in [-0.39, 0.29) is 28.7 Å². The Bertz CT molecular complexity index is 1850. The summed E-state index contributed by atoms with van der Waals surface area (Å²) in [6.07, 6.45) is -9.76. The van der Waals surface area contributed by atoms with Crippen molar-refractivity contribution in [2.75, 3.05) is 20.3 Å². The average Bonchev–Trinajstić information content (AvgIpc) is 3.01. The van der Waals surface area contributed by atoms with Gasteiger partial charge >= 0.3 is 41.6 Å². The predicted octanol–water partition coefficient (Wildman–Crippen LogP) is 8.09. The minimum atomic E-state index is -6.65. The largest absolute Gasteiger partial charge is 0.573 e. The molecule has 3 rings (SSSR count). The van der Waals surface area contributed by atoms with Gasteiger partial charge in [-0.3, -0.25) is 4.79 Å². The van der Waals surface area contributed by atoms with E-state index in [1.807, 2.05) is 0 Å². The number of methoxy groups -OCH3 is 1. The highest BCUT2D eigenvalue weighted by Crippen LogP contribution is 2.54. The maximum absolute atomic E-state index is 14.6. The van der Waals surface area contributed by atoms with Crippen LogP contribution in [0.5, 0.6) is 17.2 Å². The Labute approximate surface area is 300 Å². The third kappa shape index (κ3) is 10.2. The molecule has 1 aromatic heterocycles. The van der Waals surface area contributed by atoms with Crippen LogP contribution < -0.4 is 31.3 Å². The number of carbonyl (C=O) groups is 1. The van der Waals surface area contributed by atoms with Crippen LogP contribution in [0, 0.1) is 5.92 Å². The topological polar surface area (TPSA) is 136 Å². The summed E-state index contributed by atoms with van der Waals surface area (Å²) in [5.74, 6) is -28.7. The van der Waals surface area contributed by atoms with E-state index in [9.17, 15) is 57.9 Å². The summed E-state index contributed by atoms with van der Waals surface area (Å²) in [5, 5.41) is 0.0422. The molecule has 0 bridgehead atoms. The number of ether oxygens (including phenoxy) is 4. The second-order valence-electron chi connectivity index (χ2n) is 13.7. The molecule has 20 heteroatoms. The van der Waals surface area contributed by atoms with Gasteiger partial charge in [0.2, 0.25) is 0 Å². The molecule has 0 spiro atoms. The van der Waals surface area contributed by atoms with Gasteiger partial charge in [0.1, 0.15) is 22.8 Å². The van der Waals surface area contributed by atoms with Gasteiger partial charge < -0.3 is 34.8 Å². The summed E-state index contributed by atoms with van der Waals surface area (Å²) in [5.41, 5.74) is 7.12. The first-order chi connectivity index (χ1) is 24.4. The van der Waals surface area contributed by atoms with E-state index >= 15 is 0 Å². The van der Waals surface area contributed by atoms with Gasteiger partial charge in [-0.15, -0.1) is 13.2 Å². The van der Waals surface area contributed by atoms with Crippen molar-refractivity contribution in [3.63, 3.8) is 0 Å². The van der Waals surface area contributed by atoms with Gasteiger partial charge in [0, 0.05) is 34.2 Å². The van der Waals surface area contributed by atoms with Crippen LogP contribution in [0.25, 0.3) is 22.1 Å². The van der Waals surface area contributed by atoms with Crippen LogP contribution in [0.1, 0.15) is 47.0 Å². The monoisotopic (exact) mass is 794 g/mol. The highest BCUT2D eigenvalue weighted by atomic mass is 19.4. The molecule has 1 unspecified atom stereocenters. The Balaban J connectivity index is 1.72. The third-order valence-corrected chi connectivity index (χ3v) is 7.98.